The number of nitrogens with one attached hydrogen (secondary N) is 2. The lowest BCUT2D eigenvalue weighted by atomic mass is 10.0. The molecule has 0 atom stereocenters. The molecule has 1 saturated heterocycles. The number of nitrogens with two attached hydrogens (primary N) is 1. The smallest absolute Gasteiger partial charge is 0.0208 e. The van der Waals surface area contributed by atoms with Crippen LogP contribution < -0.4 is 16.4 Å². The predicted molar refractivity (Wildman–Crippen MR) is 71.8 cm³/mol. The quantitative estimate of drug-likeness (QED) is 0.734. The van der Waals surface area contributed by atoms with Gasteiger partial charge in [0.15, 0.2) is 0 Å². The minimum absolute atomic E-state index is 0.627. The molecule has 0 aliphatic carbocycles. The third kappa shape index (κ3) is 3.80. The summed E-state index contributed by atoms with van der Waals surface area (Å²) in [6.45, 7) is 5.99. The lowest BCUT2D eigenvalue weighted by Gasteiger charge is -2.24. The number of benzene rings is 1. The van der Waals surface area contributed by atoms with Crippen LogP contribution in [0.15, 0.2) is 18.2 Å². The van der Waals surface area contributed by atoms with E-state index in [0.29, 0.717) is 12.6 Å². The van der Waals surface area contributed by atoms with Gasteiger partial charge in [0.05, 0.1) is 0 Å². The Morgan fingerprint density at radius 3 is 2.65 bits per heavy atom. The highest BCUT2D eigenvalue weighted by Gasteiger charge is 2.11. The highest BCUT2D eigenvalue weighted by Crippen LogP contribution is 2.10. The molecule has 0 radical (unpaired) electrons. The second-order valence-electron chi connectivity index (χ2n) is 4.94. The van der Waals surface area contributed by atoms with Crippen LogP contribution in [0.3, 0.4) is 0 Å². The molecule has 1 aliphatic rings. The van der Waals surface area contributed by atoms with E-state index in [-0.39, 0.29) is 0 Å². The molecular formula is C14H23N3. The monoisotopic (exact) mass is 233 g/mol. The lowest BCUT2D eigenvalue weighted by molar-refractivity contribution is 0.386. The van der Waals surface area contributed by atoms with Gasteiger partial charge in [-0.05, 0) is 44.0 Å². The molecule has 3 nitrogen and oxygen atoms in total. The first-order valence-corrected chi connectivity index (χ1v) is 6.51. The number of piperidine rings is 1. The molecule has 0 bridgehead atoms. The summed E-state index contributed by atoms with van der Waals surface area (Å²) in [6.07, 6.45) is 2.46. The lowest BCUT2D eigenvalue weighted by Crippen LogP contribution is -2.39. The molecule has 94 valence electrons. The third-order valence-electron chi connectivity index (χ3n) is 3.37. The van der Waals surface area contributed by atoms with Crippen LogP contribution in [0.5, 0.6) is 0 Å². The summed E-state index contributed by atoms with van der Waals surface area (Å²) in [7, 11) is 0. The van der Waals surface area contributed by atoms with Crippen LogP contribution in [-0.4, -0.2) is 19.1 Å². The van der Waals surface area contributed by atoms with E-state index in [1.807, 2.05) is 0 Å². The molecule has 0 amide bonds. The molecule has 1 aromatic rings. The van der Waals surface area contributed by atoms with E-state index in [0.717, 1.165) is 19.6 Å². The largest absolute Gasteiger partial charge is 0.326 e. The fourth-order valence-corrected chi connectivity index (χ4v) is 2.46. The summed E-state index contributed by atoms with van der Waals surface area (Å²) in [5, 5.41) is 7.02. The molecule has 1 heterocycles. The third-order valence-corrected chi connectivity index (χ3v) is 3.37. The van der Waals surface area contributed by atoms with Crippen molar-refractivity contribution < 1.29 is 0 Å². The molecule has 17 heavy (non-hydrogen) atoms. The average Bonchev–Trinajstić information content (AvgIpc) is 2.37. The fraction of sp³-hybridized carbons (Fsp3) is 0.571. The Balaban J connectivity index is 1.91. The average molecular weight is 233 g/mol. The summed E-state index contributed by atoms with van der Waals surface area (Å²) in [4.78, 5) is 0. The second kappa shape index (κ2) is 6.15. The van der Waals surface area contributed by atoms with Gasteiger partial charge in [-0.1, -0.05) is 23.8 Å². The van der Waals surface area contributed by atoms with E-state index >= 15 is 0 Å². The standard InChI is InChI=1S/C14H23N3/c1-11-6-12(9-15)8-13(7-11)10-17-14-2-4-16-5-3-14/h6-8,14,16-17H,2-5,9-10,15H2,1H3. The van der Waals surface area contributed by atoms with Crippen LogP contribution in [-0.2, 0) is 13.1 Å². The van der Waals surface area contributed by atoms with E-state index < -0.39 is 0 Å². The van der Waals surface area contributed by atoms with Gasteiger partial charge < -0.3 is 16.4 Å². The Labute approximate surface area is 104 Å². The number of hydrogen-bond donors (Lipinski definition) is 3. The van der Waals surface area contributed by atoms with Crippen molar-refractivity contribution in [2.24, 2.45) is 5.73 Å². The van der Waals surface area contributed by atoms with Crippen molar-refractivity contribution in [2.75, 3.05) is 13.1 Å². The Morgan fingerprint density at radius 1 is 1.24 bits per heavy atom. The van der Waals surface area contributed by atoms with Crippen LogP contribution >= 0.6 is 0 Å². The maximum Gasteiger partial charge on any atom is 0.0208 e. The van der Waals surface area contributed by atoms with Gasteiger partial charge in [0.1, 0.15) is 0 Å². The van der Waals surface area contributed by atoms with E-state index in [2.05, 4.69) is 35.8 Å². The van der Waals surface area contributed by atoms with Gasteiger partial charge in [-0.25, -0.2) is 0 Å². The molecule has 1 aromatic carbocycles. The van der Waals surface area contributed by atoms with Gasteiger partial charge in [0.25, 0.3) is 0 Å². The van der Waals surface area contributed by atoms with Crippen molar-refractivity contribution in [3.63, 3.8) is 0 Å². The van der Waals surface area contributed by atoms with Gasteiger partial charge in [0.2, 0.25) is 0 Å². The van der Waals surface area contributed by atoms with Crippen molar-refractivity contribution in [1.82, 2.24) is 10.6 Å². The van der Waals surface area contributed by atoms with Gasteiger partial charge in [0, 0.05) is 19.1 Å². The first-order valence-electron chi connectivity index (χ1n) is 6.51. The molecule has 4 N–H and O–H groups in total. The van der Waals surface area contributed by atoms with Crippen LogP contribution in [0.4, 0.5) is 0 Å². The molecule has 0 unspecified atom stereocenters. The van der Waals surface area contributed by atoms with Crippen LogP contribution in [0.25, 0.3) is 0 Å². The Bertz CT molecular complexity index is 356. The van der Waals surface area contributed by atoms with Crippen LogP contribution in [0.2, 0.25) is 0 Å². The SMILES string of the molecule is Cc1cc(CN)cc(CNC2CCNCC2)c1. The first-order chi connectivity index (χ1) is 8.28. The molecule has 0 saturated carbocycles. The van der Waals surface area contributed by atoms with Crippen molar-refractivity contribution in [2.45, 2.75) is 38.9 Å². The maximum absolute atomic E-state index is 5.70. The van der Waals surface area contributed by atoms with Crippen molar-refractivity contribution in [3.05, 3.63) is 34.9 Å². The van der Waals surface area contributed by atoms with Gasteiger partial charge in [-0.2, -0.15) is 0 Å². The van der Waals surface area contributed by atoms with Gasteiger partial charge in [-0.15, -0.1) is 0 Å². The minimum Gasteiger partial charge on any atom is -0.326 e. The van der Waals surface area contributed by atoms with Crippen molar-refractivity contribution in [1.29, 1.82) is 0 Å². The summed E-state index contributed by atoms with van der Waals surface area (Å²) in [5.74, 6) is 0. The molecule has 1 fully saturated rings. The zero-order valence-corrected chi connectivity index (χ0v) is 10.6. The Hall–Kier alpha value is -0.900. The topological polar surface area (TPSA) is 50.1 Å². The van der Waals surface area contributed by atoms with Crippen LogP contribution in [0.1, 0.15) is 29.5 Å². The highest BCUT2D eigenvalue weighted by atomic mass is 15.0. The summed E-state index contributed by atoms with van der Waals surface area (Å²) >= 11 is 0. The highest BCUT2D eigenvalue weighted by molar-refractivity contribution is 5.29. The van der Waals surface area contributed by atoms with Gasteiger partial charge in [-0.3, -0.25) is 0 Å². The molecule has 0 aromatic heterocycles. The first kappa shape index (κ1) is 12.6. The van der Waals surface area contributed by atoms with E-state index in [1.165, 1.54) is 29.5 Å². The zero-order chi connectivity index (χ0) is 12.1. The number of aryl methyl sites for hydroxylation is 1. The molecule has 0 spiro atoms. The molecular weight excluding hydrogens is 210 g/mol. The zero-order valence-electron chi connectivity index (χ0n) is 10.6. The molecule has 2 rings (SSSR count). The fourth-order valence-electron chi connectivity index (χ4n) is 2.46. The van der Waals surface area contributed by atoms with E-state index in [1.54, 1.807) is 0 Å². The summed E-state index contributed by atoms with van der Waals surface area (Å²) < 4.78 is 0. The number of hydrogen-bond acceptors (Lipinski definition) is 3. The maximum atomic E-state index is 5.70. The van der Waals surface area contributed by atoms with Gasteiger partial charge >= 0.3 is 0 Å². The predicted octanol–water partition coefficient (Wildman–Crippen LogP) is 1.30. The summed E-state index contributed by atoms with van der Waals surface area (Å²) in [6, 6.07) is 7.28. The number of rotatable bonds is 4. The molecule has 1 aliphatic heterocycles. The summed E-state index contributed by atoms with van der Waals surface area (Å²) in [5.41, 5.74) is 9.58. The van der Waals surface area contributed by atoms with Crippen molar-refractivity contribution in [3.8, 4) is 0 Å². The Morgan fingerprint density at radius 2 is 1.94 bits per heavy atom. The van der Waals surface area contributed by atoms with Crippen LogP contribution in [0, 0.1) is 6.92 Å². The van der Waals surface area contributed by atoms with Crippen molar-refractivity contribution >= 4 is 0 Å². The normalized spacial score (nSPS) is 17.3. The minimum atomic E-state index is 0.627. The van der Waals surface area contributed by atoms with E-state index in [9.17, 15) is 0 Å². The van der Waals surface area contributed by atoms with E-state index in [4.69, 9.17) is 5.73 Å². The second-order valence-corrected chi connectivity index (χ2v) is 4.94. The Kier molecular flexibility index (Phi) is 4.54. The molecule has 3 heteroatoms.